The minimum atomic E-state index is -0.451. The van der Waals surface area contributed by atoms with Crippen molar-refractivity contribution in [3.8, 4) is 0 Å². The van der Waals surface area contributed by atoms with Gasteiger partial charge in [-0.2, -0.15) is 0 Å². The zero-order valence-electron chi connectivity index (χ0n) is 20.2. The van der Waals surface area contributed by atoms with Crippen molar-refractivity contribution in [2.75, 3.05) is 6.61 Å². The van der Waals surface area contributed by atoms with Gasteiger partial charge in [-0.3, -0.25) is 4.79 Å². The molecule has 0 spiro atoms. The monoisotopic (exact) mass is 493 g/mol. The maximum absolute atomic E-state index is 13.2. The lowest BCUT2D eigenvalue weighted by molar-refractivity contribution is -0.139. The number of aryl methyl sites for hydroxylation is 2. The molecule has 4 rings (SSSR count). The predicted molar refractivity (Wildman–Crippen MR) is 136 cm³/mol. The number of hydrogen-bond donors (Lipinski definition) is 1. The van der Waals surface area contributed by atoms with Crippen LogP contribution in [0.3, 0.4) is 0 Å². The molecule has 182 valence electrons. The molecule has 35 heavy (non-hydrogen) atoms. The average Bonchev–Trinajstić information content (AvgIpc) is 3.21. The van der Waals surface area contributed by atoms with Crippen LogP contribution >= 0.6 is 11.8 Å². The van der Waals surface area contributed by atoms with Gasteiger partial charge >= 0.3 is 5.97 Å². The Balaban J connectivity index is 1.63. The minimum Gasteiger partial charge on any atom is -0.463 e. The number of nitrogens with one attached hydrogen (secondary N) is 1. The third-order valence-corrected chi connectivity index (χ3v) is 6.86. The summed E-state index contributed by atoms with van der Waals surface area (Å²) in [6.07, 6.45) is 0.115. The molecule has 2 aromatic carbocycles. The number of amides is 1. The van der Waals surface area contributed by atoms with Crippen LogP contribution < -0.4 is 5.32 Å². The Labute approximate surface area is 209 Å². The zero-order chi connectivity index (χ0) is 25.1. The average molecular weight is 494 g/mol. The SMILES string of the molecule is CCOC(=O)C1=C(C)N=C2SC=C(CC(=O)NCc3ccc(F)cc3)N2C1c1cc(C)ccc1C. The van der Waals surface area contributed by atoms with Crippen molar-refractivity contribution in [1.29, 1.82) is 0 Å². The lowest BCUT2D eigenvalue weighted by atomic mass is 9.90. The van der Waals surface area contributed by atoms with Gasteiger partial charge in [-0.25, -0.2) is 14.2 Å². The van der Waals surface area contributed by atoms with Gasteiger partial charge in [-0.05, 0) is 61.9 Å². The number of esters is 1. The quantitative estimate of drug-likeness (QED) is 0.531. The third kappa shape index (κ3) is 5.32. The van der Waals surface area contributed by atoms with Gasteiger partial charge in [0, 0.05) is 12.2 Å². The Hall–Kier alpha value is -3.39. The summed E-state index contributed by atoms with van der Waals surface area (Å²) in [5.41, 5.74) is 5.74. The van der Waals surface area contributed by atoms with Crippen LogP contribution in [-0.2, 0) is 20.9 Å². The highest BCUT2D eigenvalue weighted by Gasteiger charge is 2.41. The number of fused-ring (bicyclic) bond motifs is 1. The van der Waals surface area contributed by atoms with E-state index in [9.17, 15) is 14.0 Å². The van der Waals surface area contributed by atoms with E-state index in [2.05, 4.69) is 16.4 Å². The van der Waals surface area contributed by atoms with E-state index in [0.717, 1.165) is 33.1 Å². The predicted octanol–water partition coefficient (Wildman–Crippen LogP) is 5.29. The van der Waals surface area contributed by atoms with Gasteiger partial charge in [0.05, 0.1) is 30.3 Å². The summed E-state index contributed by atoms with van der Waals surface area (Å²) in [4.78, 5) is 32.6. The van der Waals surface area contributed by atoms with Crippen LogP contribution in [0.15, 0.2) is 69.8 Å². The fourth-order valence-electron chi connectivity index (χ4n) is 4.22. The summed E-state index contributed by atoms with van der Waals surface area (Å²) in [5.74, 6) is -0.898. The number of aliphatic imine (C=N–C) groups is 1. The van der Waals surface area contributed by atoms with Gasteiger partial charge in [0.15, 0.2) is 5.17 Å². The summed E-state index contributed by atoms with van der Waals surface area (Å²) < 4.78 is 18.6. The summed E-state index contributed by atoms with van der Waals surface area (Å²) >= 11 is 1.44. The maximum Gasteiger partial charge on any atom is 0.338 e. The van der Waals surface area contributed by atoms with Crippen molar-refractivity contribution in [3.05, 3.63) is 92.9 Å². The number of allylic oxidation sites excluding steroid dienone is 1. The van der Waals surface area contributed by atoms with Gasteiger partial charge < -0.3 is 15.0 Å². The molecule has 2 aromatic rings. The molecular formula is C27H28FN3O3S. The van der Waals surface area contributed by atoms with Crippen molar-refractivity contribution in [1.82, 2.24) is 10.2 Å². The molecule has 1 unspecified atom stereocenters. The Morgan fingerprint density at radius 2 is 1.89 bits per heavy atom. The van der Waals surface area contributed by atoms with E-state index in [1.54, 1.807) is 19.1 Å². The Kier molecular flexibility index (Phi) is 7.40. The molecule has 8 heteroatoms. The number of rotatable bonds is 7. The number of halogens is 1. The largest absolute Gasteiger partial charge is 0.463 e. The first kappa shape index (κ1) is 24.7. The highest BCUT2D eigenvalue weighted by Crippen LogP contribution is 2.45. The van der Waals surface area contributed by atoms with Crippen molar-refractivity contribution >= 4 is 28.8 Å². The van der Waals surface area contributed by atoms with E-state index in [0.29, 0.717) is 17.8 Å². The topological polar surface area (TPSA) is 71.0 Å². The lowest BCUT2D eigenvalue weighted by Gasteiger charge is -2.37. The van der Waals surface area contributed by atoms with E-state index in [1.807, 2.05) is 43.2 Å². The molecule has 2 heterocycles. The summed E-state index contributed by atoms with van der Waals surface area (Å²) in [7, 11) is 0. The molecule has 1 N–H and O–H groups in total. The van der Waals surface area contributed by atoms with Crippen LogP contribution in [0, 0.1) is 19.7 Å². The molecule has 0 saturated carbocycles. The molecule has 0 bridgehead atoms. The minimum absolute atomic E-state index is 0.115. The van der Waals surface area contributed by atoms with E-state index in [1.165, 1.54) is 23.9 Å². The van der Waals surface area contributed by atoms with Gasteiger partial charge in [0.25, 0.3) is 0 Å². The van der Waals surface area contributed by atoms with Crippen LogP contribution in [0.1, 0.15) is 48.6 Å². The number of ether oxygens (including phenoxy) is 1. The third-order valence-electron chi connectivity index (χ3n) is 5.97. The smallest absolute Gasteiger partial charge is 0.338 e. The summed E-state index contributed by atoms with van der Waals surface area (Å²) in [6, 6.07) is 11.7. The lowest BCUT2D eigenvalue weighted by Crippen LogP contribution is -2.38. The molecule has 0 saturated heterocycles. The number of benzene rings is 2. The van der Waals surface area contributed by atoms with E-state index in [-0.39, 0.29) is 24.8 Å². The van der Waals surface area contributed by atoms with Crippen molar-refractivity contribution in [2.24, 2.45) is 4.99 Å². The molecule has 0 aliphatic carbocycles. The first-order valence-electron chi connectivity index (χ1n) is 11.5. The highest BCUT2D eigenvalue weighted by molar-refractivity contribution is 8.16. The van der Waals surface area contributed by atoms with Gasteiger partial charge in [-0.15, -0.1) is 0 Å². The van der Waals surface area contributed by atoms with Crippen LogP contribution in [0.4, 0.5) is 4.39 Å². The number of carbonyl (C=O) groups excluding carboxylic acids is 2. The first-order chi connectivity index (χ1) is 16.8. The number of nitrogens with zero attached hydrogens (tertiary/aromatic N) is 2. The van der Waals surface area contributed by atoms with Crippen LogP contribution in [0.2, 0.25) is 0 Å². The van der Waals surface area contributed by atoms with Crippen molar-refractivity contribution in [3.63, 3.8) is 0 Å². The van der Waals surface area contributed by atoms with Crippen LogP contribution in [0.5, 0.6) is 0 Å². The molecule has 1 amide bonds. The Morgan fingerprint density at radius 3 is 2.60 bits per heavy atom. The molecule has 2 aliphatic heterocycles. The summed E-state index contributed by atoms with van der Waals surface area (Å²) in [5, 5.41) is 5.53. The van der Waals surface area contributed by atoms with Crippen LogP contribution in [0.25, 0.3) is 0 Å². The molecule has 2 aliphatic rings. The van der Waals surface area contributed by atoms with Crippen molar-refractivity contribution < 1.29 is 18.7 Å². The Morgan fingerprint density at radius 1 is 1.14 bits per heavy atom. The second kappa shape index (κ2) is 10.5. The maximum atomic E-state index is 13.2. The number of hydrogen-bond acceptors (Lipinski definition) is 6. The van der Waals surface area contributed by atoms with E-state index in [4.69, 9.17) is 4.74 Å². The van der Waals surface area contributed by atoms with Gasteiger partial charge in [0.2, 0.25) is 5.91 Å². The first-order valence-corrected chi connectivity index (χ1v) is 12.4. The molecule has 1 atom stereocenters. The zero-order valence-corrected chi connectivity index (χ0v) is 21.0. The van der Waals surface area contributed by atoms with Gasteiger partial charge in [-0.1, -0.05) is 47.7 Å². The Bertz CT molecular complexity index is 1250. The molecule has 0 aromatic heterocycles. The molecular weight excluding hydrogens is 465 g/mol. The second-order valence-electron chi connectivity index (χ2n) is 8.55. The number of thioether (sulfide) groups is 1. The number of carbonyl (C=O) groups is 2. The van der Waals surface area contributed by atoms with Crippen LogP contribution in [-0.4, -0.2) is 28.6 Å². The summed E-state index contributed by atoms with van der Waals surface area (Å²) in [6.45, 7) is 8.19. The van der Waals surface area contributed by atoms with Gasteiger partial charge in [0.1, 0.15) is 5.82 Å². The number of amidine groups is 1. The second-order valence-corrected chi connectivity index (χ2v) is 9.39. The highest BCUT2D eigenvalue weighted by atomic mass is 32.2. The molecule has 6 nitrogen and oxygen atoms in total. The van der Waals surface area contributed by atoms with Crippen molar-refractivity contribution in [2.45, 2.75) is 46.7 Å². The normalized spacial score (nSPS) is 17.1. The fourth-order valence-corrected chi connectivity index (χ4v) is 5.18. The fraction of sp³-hybridized carbons (Fsp3) is 0.296. The molecule has 0 radical (unpaired) electrons. The van der Waals surface area contributed by atoms with E-state index >= 15 is 0 Å². The van der Waals surface area contributed by atoms with E-state index < -0.39 is 12.0 Å². The standard InChI is InChI=1S/C27H28FN3O3S/c1-5-34-26(33)24-18(4)30-27-31(25(24)22-12-16(2)6-7-17(22)3)21(15-35-27)13-23(32)29-14-19-8-10-20(28)11-9-19/h6-12,15,25H,5,13-14H2,1-4H3,(H,29,32). The molecule has 0 fully saturated rings.